The number of hydrogen-bond acceptors (Lipinski definition) is 3. The molecule has 0 amide bonds. The lowest BCUT2D eigenvalue weighted by molar-refractivity contribution is 0.0695. The van der Waals surface area contributed by atoms with Crippen LogP contribution < -0.4 is 4.74 Å². The topological polar surface area (TPSA) is 59.4 Å². The molecule has 4 nitrogen and oxygen atoms in total. The number of aryl methyl sites for hydroxylation is 1. The van der Waals surface area contributed by atoms with Crippen LogP contribution >= 0.6 is 0 Å². The van der Waals surface area contributed by atoms with Crippen molar-refractivity contribution in [3.05, 3.63) is 96.2 Å². The molecule has 1 heterocycles. The molecule has 4 rings (SSSR count). The zero-order valence-electron chi connectivity index (χ0n) is 17.8. The van der Waals surface area contributed by atoms with Gasteiger partial charge >= 0.3 is 5.97 Å². The normalized spacial score (nSPS) is 9.60. The smallest absolute Gasteiger partial charge is 0.340 e. The largest absolute Gasteiger partial charge is 0.494 e. The summed E-state index contributed by atoms with van der Waals surface area (Å²) in [5.41, 5.74) is 3.97. The number of aromatic nitrogens is 1. The third-order valence-electron chi connectivity index (χ3n) is 4.32. The van der Waals surface area contributed by atoms with Gasteiger partial charge in [-0.05, 0) is 24.1 Å². The molecule has 0 bridgehead atoms. The number of para-hydroxylation sites is 1. The van der Waals surface area contributed by atoms with Crippen molar-refractivity contribution in [3.8, 4) is 16.9 Å². The van der Waals surface area contributed by atoms with Crippen molar-refractivity contribution in [1.82, 2.24) is 4.98 Å². The standard InChI is InChI=1S/C12H11NO3.C12H10.C2H6/c1-7-11(16-2)10(12(14)15)8-5-3-4-6-9(8)13-7;1-3-7-11(8-4-1)12-9-5-2-6-10-12;1-2/h3-6H,1-2H3,(H,14,15);1-10H;1-2H3. The average molecular weight is 402 g/mol. The Morgan fingerprint density at radius 1 is 0.800 bits per heavy atom. The maximum Gasteiger partial charge on any atom is 0.340 e. The maximum absolute atomic E-state index is 11.2. The van der Waals surface area contributed by atoms with Crippen LogP contribution in [0.5, 0.6) is 5.75 Å². The van der Waals surface area contributed by atoms with Gasteiger partial charge in [-0.15, -0.1) is 0 Å². The first kappa shape index (κ1) is 22.6. The second-order valence-corrected chi connectivity index (χ2v) is 6.16. The Kier molecular flexibility index (Phi) is 8.57. The molecular weight excluding hydrogens is 374 g/mol. The molecular formula is C26H27NO3. The molecule has 3 aromatic carbocycles. The van der Waals surface area contributed by atoms with Crippen molar-refractivity contribution >= 4 is 16.9 Å². The summed E-state index contributed by atoms with van der Waals surface area (Å²) < 4.78 is 5.10. The SMILES string of the molecule is CC.COc1c(C)nc2ccccc2c1C(=O)O.c1ccc(-c2ccccc2)cc1. The summed E-state index contributed by atoms with van der Waals surface area (Å²) in [4.78, 5) is 15.5. The Balaban J connectivity index is 0.000000204. The number of methoxy groups -OCH3 is 1. The van der Waals surface area contributed by atoms with E-state index in [1.165, 1.54) is 18.2 Å². The molecule has 30 heavy (non-hydrogen) atoms. The van der Waals surface area contributed by atoms with Gasteiger partial charge < -0.3 is 9.84 Å². The van der Waals surface area contributed by atoms with Gasteiger partial charge in [-0.1, -0.05) is 92.7 Å². The third-order valence-corrected chi connectivity index (χ3v) is 4.32. The summed E-state index contributed by atoms with van der Waals surface area (Å²) in [5.74, 6) is -0.676. The number of ether oxygens (including phenoxy) is 1. The summed E-state index contributed by atoms with van der Waals surface area (Å²) in [7, 11) is 1.45. The second-order valence-electron chi connectivity index (χ2n) is 6.16. The number of pyridine rings is 1. The van der Waals surface area contributed by atoms with Gasteiger partial charge in [0.15, 0.2) is 5.75 Å². The number of carboxylic acid groups (broad SMARTS) is 1. The number of carbonyl (C=O) groups is 1. The van der Waals surface area contributed by atoms with E-state index < -0.39 is 5.97 Å². The molecule has 4 heteroatoms. The summed E-state index contributed by atoms with van der Waals surface area (Å²) in [6.45, 7) is 5.73. The van der Waals surface area contributed by atoms with Gasteiger partial charge in [0, 0.05) is 5.39 Å². The monoisotopic (exact) mass is 401 g/mol. The van der Waals surface area contributed by atoms with E-state index >= 15 is 0 Å². The van der Waals surface area contributed by atoms with E-state index in [4.69, 9.17) is 4.74 Å². The van der Waals surface area contributed by atoms with Crippen molar-refractivity contribution in [1.29, 1.82) is 0 Å². The summed E-state index contributed by atoms with van der Waals surface area (Å²) in [6, 6.07) is 27.9. The van der Waals surface area contributed by atoms with Crippen molar-refractivity contribution in [2.75, 3.05) is 7.11 Å². The number of rotatable bonds is 3. The summed E-state index contributed by atoms with van der Waals surface area (Å²) in [6.07, 6.45) is 0. The number of hydrogen-bond donors (Lipinski definition) is 1. The first-order valence-corrected chi connectivity index (χ1v) is 9.89. The van der Waals surface area contributed by atoms with E-state index in [0.29, 0.717) is 22.3 Å². The quantitative estimate of drug-likeness (QED) is 0.418. The number of carboxylic acids is 1. The highest BCUT2D eigenvalue weighted by atomic mass is 16.5. The molecule has 0 fully saturated rings. The van der Waals surface area contributed by atoms with E-state index in [1.807, 2.05) is 32.0 Å². The Labute approximate surface area is 177 Å². The van der Waals surface area contributed by atoms with E-state index in [-0.39, 0.29) is 5.56 Å². The Morgan fingerprint density at radius 3 is 1.73 bits per heavy atom. The van der Waals surface area contributed by atoms with Crippen molar-refractivity contribution in [3.63, 3.8) is 0 Å². The minimum Gasteiger partial charge on any atom is -0.494 e. The van der Waals surface area contributed by atoms with Crippen LogP contribution in [0.4, 0.5) is 0 Å². The average Bonchev–Trinajstić information content (AvgIpc) is 2.81. The molecule has 1 aromatic heterocycles. The van der Waals surface area contributed by atoms with Gasteiger partial charge in [-0.3, -0.25) is 0 Å². The van der Waals surface area contributed by atoms with Crippen LogP contribution in [0.2, 0.25) is 0 Å². The van der Waals surface area contributed by atoms with Gasteiger partial charge in [0.2, 0.25) is 0 Å². The molecule has 0 saturated heterocycles. The third kappa shape index (κ3) is 5.45. The fraction of sp³-hybridized carbons (Fsp3) is 0.154. The number of nitrogens with zero attached hydrogens (tertiary/aromatic N) is 1. The highest BCUT2D eigenvalue weighted by molar-refractivity contribution is 6.05. The minimum absolute atomic E-state index is 0.172. The number of fused-ring (bicyclic) bond motifs is 1. The highest BCUT2D eigenvalue weighted by Gasteiger charge is 2.18. The minimum atomic E-state index is -1.00. The fourth-order valence-electron chi connectivity index (χ4n) is 3.04. The van der Waals surface area contributed by atoms with Gasteiger partial charge in [0.1, 0.15) is 5.56 Å². The first-order chi connectivity index (χ1) is 14.6. The molecule has 1 N–H and O–H groups in total. The molecule has 0 spiro atoms. The van der Waals surface area contributed by atoms with E-state index in [9.17, 15) is 9.90 Å². The molecule has 0 unspecified atom stereocenters. The second kappa shape index (κ2) is 11.4. The Hall–Kier alpha value is -3.66. The molecule has 0 saturated carbocycles. The molecule has 0 radical (unpaired) electrons. The lowest BCUT2D eigenvalue weighted by Gasteiger charge is -2.10. The van der Waals surface area contributed by atoms with Gasteiger partial charge in [-0.2, -0.15) is 0 Å². The lowest BCUT2D eigenvalue weighted by atomic mass is 10.1. The maximum atomic E-state index is 11.2. The van der Waals surface area contributed by atoms with Crippen molar-refractivity contribution in [2.45, 2.75) is 20.8 Å². The molecule has 0 aliphatic rings. The number of benzene rings is 3. The predicted molar refractivity (Wildman–Crippen MR) is 123 cm³/mol. The molecule has 0 atom stereocenters. The summed E-state index contributed by atoms with van der Waals surface area (Å²) in [5, 5.41) is 9.81. The molecule has 0 aliphatic carbocycles. The van der Waals surface area contributed by atoms with Crippen molar-refractivity contribution < 1.29 is 14.6 Å². The zero-order chi connectivity index (χ0) is 21.9. The van der Waals surface area contributed by atoms with E-state index in [1.54, 1.807) is 25.1 Å². The van der Waals surface area contributed by atoms with Crippen LogP contribution in [0.15, 0.2) is 84.9 Å². The first-order valence-electron chi connectivity index (χ1n) is 9.89. The van der Waals surface area contributed by atoms with Gasteiger partial charge in [0.05, 0.1) is 18.3 Å². The highest BCUT2D eigenvalue weighted by Crippen LogP contribution is 2.29. The van der Waals surface area contributed by atoms with Crippen LogP contribution in [-0.2, 0) is 0 Å². The molecule has 4 aromatic rings. The van der Waals surface area contributed by atoms with Crippen LogP contribution in [0, 0.1) is 6.92 Å². The molecule has 0 aliphatic heterocycles. The van der Waals surface area contributed by atoms with Gasteiger partial charge in [0.25, 0.3) is 0 Å². The Bertz CT molecular complexity index is 1040. The van der Waals surface area contributed by atoms with Crippen LogP contribution in [-0.4, -0.2) is 23.2 Å². The van der Waals surface area contributed by atoms with Crippen LogP contribution in [0.1, 0.15) is 29.9 Å². The predicted octanol–water partition coefficient (Wildman–Crippen LogP) is 6.63. The van der Waals surface area contributed by atoms with Crippen LogP contribution in [0.25, 0.3) is 22.0 Å². The zero-order valence-corrected chi connectivity index (χ0v) is 17.8. The lowest BCUT2D eigenvalue weighted by Crippen LogP contribution is -2.05. The molecule has 154 valence electrons. The number of aromatic carboxylic acids is 1. The Morgan fingerprint density at radius 2 is 1.27 bits per heavy atom. The van der Waals surface area contributed by atoms with Crippen LogP contribution in [0.3, 0.4) is 0 Å². The van der Waals surface area contributed by atoms with E-state index in [2.05, 4.69) is 53.5 Å². The van der Waals surface area contributed by atoms with Crippen molar-refractivity contribution in [2.24, 2.45) is 0 Å². The van der Waals surface area contributed by atoms with E-state index in [0.717, 1.165) is 0 Å². The van der Waals surface area contributed by atoms with Gasteiger partial charge in [-0.25, -0.2) is 9.78 Å². The summed E-state index contributed by atoms with van der Waals surface area (Å²) >= 11 is 0. The fourth-order valence-corrected chi connectivity index (χ4v) is 3.04.